The lowest BCUT2D eigenvalue weighted by atomic mass is 10.0. The van der Waals surface area contributed by atoms with Gasteiger partial charge in [0.25, 0.3) is 0 Å². The summed E-state index contributed by atoms with van der Waals surface area (Å²) < 4.78 is 0. The molecule has 1 fully saturated rings. The molecular weight excluding hydrogens is 256 g/mol. The van der Waals surface area contributed by atoms with Crippen LogP contribution in [0.1, 0.15) is 24.8 Å². The van der Waals surface area contributed by atoms with Crippen molar-refractivity contribution in [3.8, 4) is 0 Å². The van der Waals surface area contributed by atoms with Crippen molar-refractivity contribution in [2.75, 3.05) is 11.9 Å². The third-order valence-electron chi connectivity index (χ3n) is 3.22. The van der Waals surface area contributed by atoms with Crippen LogP contribution in [0.2, 0.25) is 0 Å². The molecule has 0 unspecified atom stereocenters. The van der Waals surface area contributed by atoms with Gasteiger partial charge in [-0.1, -0.05) is 18.6 Å². The van der Waals surface area contributed by atoms with E-state index in [0.29, 0.717) is 0 Å². The van der Waals surface area contributed by atoms with Gasteiger partial charge in [0.1, 0.15) is 0 Å². The number of hydrogen-bond donors (Lipinski definition) is 3. The molecule has 0 saturated carbocycles. The number of piperidine rings is 1. The molecule has 2 rings (SSSR count). The number of carbonyl (C=O) groups excluding carboxylic acids is 1. The second-order valence-corrected chi connectivity index (χ2v) is 4.79. The number of benzene rings is 1. The molecule has 20 heavy (non-hydrogen) atoms. The summed E-state index contributed by atoms with van der Waals surface area (Å²) in [5, 5.41) is 14.6. The molecule has 5 heteroatoms. The third-order valence-corrected chi connectivity index (χ3v) is 3.22. The minimum absolute atomic E-state index is 0.0153. The minimum atomic E-state index is -0.981. The van der Waals surface area contributed by atoms with E-state index in [9.17, 15) is 9.59 Å². The van der Waals surface area contributed by atoms with Crippen LogP contribution in [0.4, 0.5) is 5.69 Å². The van der Waals surface area contributed by atoms with E-state index >= 15 is 0 Å². The first kappa shape index (κ1) is 14.3. The first-order valence-corrected chi connectivity index (χ1v) is 6.70. The Morgan fingerprint density at radius 1 is 1.25 bits per heavy atom. The molecular formula is C15H18N2O3. The molecule has 1 atom stereocenters. The van der Waals surface area contributed by atoms with Crippen molar-refractivity contribution in [3.05, 3.63) is 35.9 Å². The highest BCUT2D eigenvalue weighted by Crippen LogP contribution is 2.13. The lowest BCUT2D eigenvalue weighted by Crippen LogP contribution is -2.43. The van der Waals surface area contributed by atoms with Crippen LogP contribution in [-0.2, 0) is 9.59 Å². The van der Waals surface area contributed by atoms with Gasteiger partial charge in [-0.05, 0) is 43.2 Å². The average molecular weight is 274 g/mol. The Bertz CT molecular complexity index is 502. The fraction of sp³-hybridized carbons (Fsp3) is 0.333. The number of aliphatic carboxylic acids is 1. The van der Waals surface area contributed by atoms with E-state index in [2.05, 4.69) is 10.6 Å². The van der Waals surface area contributed by atoms with Crippen molar-refractivity contribution in [2.24, 2.45) is 0 Å². The second kappa shape index (κ2) is 6.86. The maximum Gasteiger partial charge on any atom is 0.328 e. The van der Waals surface area contributed by atoms with E-state index in [0.717, 1.165) is 43.1 Å². The third kappa shape index (κ3) is 4.20. The van der Waals surface area contributed by atoms with E-state index < -0.39 is 5.97 Å². The van der Waals surface area contributed by atoms with Gasteiger partial charge in [0.05, 0.1) is 6.04 Å². The van der Waals surface area contributed by atoms with Gasteiger partial charge in [-0.2, -0.15) is 0 Å². The van der Waals surface area contributed by atoms with E-state index in [1.54, 1.807) is 24.3 Å². The van der Waals surface area contributed by atoms with Crippen molar-refractivity contribution in [3.63, 3.8) is 0 Å². The molecule has 5 nitrogen and oxygen atoms in total. The predicted octanol–water partition coefficient (Wildman–Crippen LogP) is 1.86. The fourth-order valence-corrected chi connectivity index (χ4v) is 2.15. The first-order chi connectivity index (χ1) is 9.65. The van der Waals surface area contributed by atoms with Crippen LogP contribution < -0.4 is 10.6 Å². The van der Waals surface area contributed by atoms with Crippen LogP contribution in [-0.4, -0.2) is 29.6 Å². The van der Waals surface area contributed by atoms with Crippen molar-refractivity contribution in [1.82, 2.24) is 5.32 Å². The summed E-state index contributed by atoms with van der Waals surface area (Å²) in [5.41, 5.74) is 1.50. The Kier molecular flexibility index (Phi) is 4.90. The zero-order valence-corrected chi connectivity index (χ0v) is 11.1. The van der Waals surface area contributed by atoms with Crippen LogP contribution in [0.3, 0.4) is 0 Å². The van der Waals surface area contributed by atoms with Crippen molar-refractivity contribution in [2.45, 2.75) is 25.3 Å². The van der Waals surface area contributed by atoms with Gasteiger partial charge in [-0.3, -0.25) is 4.79 Å². The highest BCUT2D eigenvalue weighted by molar-refractivity contribution is 5.95. The number of carboxylic acids is 1. The van der Waals surface area contributed by atoms with Crippen LogP contribution in [0.5, 0.6) is 0 Å². The number of nitrogens with one attached hydrogen (secondary N) is 2. The standard InChI is InChI=1S/C15H18N2O3/c18-14(19)9-6-11-4-7-12(8-5-11)17-15(20)13-3-1-2-10-16-13/h4-9,13,16H,1-3,10H2,(H,17,20)(H,18,19)/b9-6+/t13-/m0/s1. The van der Waals surface area contributed by atoms with E-state index in [1.165, 1.54) is 6.08 Å². The second-order valence-electron chi connectivity index (χ2n) is 4.79. The number of hydrogen-bond acceptors (Lipinski definition) is 3. The average Bonchev–Trinajstić information content (AvgIpc) is 2.47. The highest BCUT2D eigenvalue weighted by Gasteiger charge is 2.20. The SMILES string of the molecule is O=C(O)/C=C/c1ccc(NC(=O)[C@@H]2CCCCN2)cc1. The summed E-state index contributed by atoms with van der Waals surface area (Å²) in [6, 6.07) is 6.95. The zero-order chi connectivity index (χ0) is 14.4. The Morgan fingerprint density at radius 3 is 2.60 bits per heavy atom. The van der Waals surface area contributed by atoms with Gasteiger partial charge < -0.3 is 15.7 Å². The monoisotopic (exact) mass is 274 g/mol. The molecule has 1 heterocycles. The quantitative estimate of drug-likeness (QED) is 0.732. The lowest BCUT2D eigenvalue weighted by Gasteiger charge is -2.22. The molecule has 0 bridgehead atoms. The van der Waals surface area contributed by atoms with Gasteiger partial charge in [-0.15, -0.1) is 0 Å². The van der Waals surface area contributed by atoms with Gasteiger partial charge >= 0.3 is 5.97 Å². The number of carbonyl (C=O) groups is 2. The minimum Gasteiger partial charge on any atom is -0.478 e. The van der Waals surface area contributed by atoms with E-state index in [1.807, 2.05) is 0 Å². The zero-order valence-electron chi connectivity index (χ0n) is 11.1. The molecule has 3 N–H and O–H groups in total. The Hall–Kier alpha value is -2.14. The molecule has 1 amide bonds. The maximum absolute atomic E-state index is 12.0. The molecule has 0 spiro atoms. The number of amides is 1. The van der Waals surface area contributed by atoms with Crippen LogP contribution >= 0.6 is 0 Å². The van der Waals surface area contributed by atoms with E-state index in [-0.39, 0.29) is 11.9 Å². The summed E-state index contributed by atoms with van der Waals surface area (Å²) >= 11 is 0. The summed E-state index contributed by atoms with van der Waals surface area (Å²) in [6.45, 7) is 0.886. The van der Waals surface area contributed by atoms with Gasteiger partial charge in [0.2, 0.25) is 5.91 Å². The van der Waals surface area contributed by atoms with Crippen molar-refractivity contribution < 1.29 is 14.7 Å². The van der Waals surface area contributed by atoms with Gasteiger partial charge in [0, 0.05) is 11.8 Å². The topological polar surface area (TPSA) is 78.4 Å². The Balaban J connectivity index is 1.92. The molecule has 106 valence electrons. The first-order valence-electron chi connectivity index (χ1n) is 6.70. The highest BCUT2D eigenvalue weighted by atomic mass is 16.4. The number of anilines is 1. The number of carboxylic acid groups (broad SMARTS) is 1. The Morgan fingerprint density at radius 2 is 2.00 bits per heavy atom. The van der Waals surface area contributed by atoms with Crippen molar-refractivity contribution in [1.29, 1.82) is 0 Å². The summed E-state index contributed by atoms with van der Waals surface area (Å²) in [4.78, 5) is 22.4. The van der Waals surface area contributed by atoms with Crippen LogP contribution in [0, 0.1) is 0 Å². The molecule has 1 aromatic carbocycles. The maximum atomic E-state index is 12.0. The summed E-state index contributed by atoms with van der Waals surface area (Å²) in [6.07, 6.45) is 5.65. The van der Waals surface area contributed by atoms with Crippen molar-refractivity contribution >= 4 is 23.6 Å². The Labute approximate surface area is 117 Å². The van der Waals surface area contributed by atoms with Gasteiger partial charge in [-0.25, -0.2) is 4.79 Å². The van der Waals surface area contributed by atoms with Crippen LogP contribution in [0.25, 0.3) is 6.08 Å². The smallest absolute Gasteiger partial charge is 0.328 e. The summed E-state index contributed by atoms with van der Waals surface area (Å²) in [7, 11) is 0. The molecule has 0 aliphatic carbocycles. The summed E-state index contributed by atoms with van der Waals surface area (Å²) in [5.74, 6) is -0.996. The molecule has 0 aromatic heterocycles. The normalized spacial score (nSPS) is 18.9. The van der Waals surface area contributed by atoms with Gasteiger partial charge in [0.15, 0.2) is 0 Å². The molecule has 0 radical (unpaired) electrons. The van der Waals surface area contributed by atoms with E-state index in [4.69, 9.17) is 5.11 Å². The van der Waals surface area contributed by atoms with Crippen LogP contribution in [0.15, 0.2) is 30.3 Å². The molecule has 1 aliphatic rings. The predicted molar refractivity (Wildman–Crippen MR) is 77.4 cm³/mol. The molecule has 1 aliphatic heterocycles. The molecule has 1 aromatic rings. The number of rotatable bonds is 4. The fourth-order valence-electron chi connectivity index (χ4n) is 2.15. The molecule has 1 saturated heterocycles. The lowest BCUT2D eigenvalue weighted by molar-refractivity contribution is -0.131. The largest absolute Gasteiger partial charge is 0.478 e.